The predicted molar refractivity (Wildman–Crippen MR) is 123 cm³/mol. The first-order valence-electron chi connectivity index (χ1n) is 11.0. The maximum absolute atomic E-state index is 15.0. The summed E-state index contributed by atoms with van der Waals surface area (Å²) in [5.74, 6) is -3.66. The molecule has 0 saturated carbocycles. The fourth-order valence-electron chi connectivity index (χ4n) is 3.53. The lowest BCUT2D eigenvalue weighted by Crippen LogP contribution is -2.30. The Balaban J connectivity index is 2.34. The highest BCUT2D eigenvalue weighted by Gasteiger charge is 2.32. The number of methoxy groups -OCH3 is 2. The third-order valence-corrected chi connectivity index (χ3v) is 5.15. The molecule has 2 atom stereocenters. The van der Waals surface area contributed by atoms with Crippen molar-refractivity contribution in [3.05, 3.63) is 59.2 Å². The highest BCUT2D eigenvalue weighted by atomic mass is 19.1. The Hall–Kier alpha value is -3.16. The molecule has 2 aromatic carbocycles. The first-order chi connectivity index (χ1) is 15.9. The monoisotopic (exact) mass is 478 g/mol. The molecule has 0 spiro atoms. The lowest BCUT2D eigenvalue weighted by atomic mass is 9.86. The molecule has 186 valence electrons. The summed E-state index contributed by atoms with van der Waals surface area (Å²) in [6, 6.07) is 8.40. The molecule has 2 aromatic rings. The van der Waals surface area contributed by atoms with Crippen LogP contribution in [0.2, 0.25) is 0 Å². The maximum atomic E-state index is 15.0. The number of hydrogen-bond donors (Lipinski definition) is 0. The van der Waals surface area contributed by atoms with Crippen molar-refractivity contribution in [1.29, 1.82) is 0 Å². The van der Waals surface area contributed by atoms with Gasteiger partial charge in [-0.3, -0.25) is 9.59 Å². The smallest absolute Gasteiger partial charge is 0.309 e. The first kappa shape index (κ1) is 27.1. The fourth-order valence-corrected chi connectivity index (χ4v) is 3.53. The molecule has 34 heavy (non-hydrogen) atoms. The Morgan fingerprint density at radius 1 is 0.882 bits per heavy atom. The van der Waals surface area contributed by atoms with Crippen molar-refractivity contribution >= 4 is 11.9 Å². The standard InChI is InChI=1S/C26H32F2O6/c1-15(12-23(29)34-26(3,4)5)25(30)33-16(2)24(19-10-8-17(31-6)13-21(19)27)20-11-9-18(32-7)14-22(20)28/h8-11,13-16,24H,12H2,1-7H3/t15-,16+/m1/s1. The molecule has 0 aromatic heterocycles. The largest absolute Gasteiger partial charge is 0.497 e. The zero-order valence-electron chi connectivity index (χ0n) is 20.6. The van der Waals surface area contributed by atoms with Crippen LogP contribution in [0.5, 0.6) is 11.5 Å². The number of hydrogen-bond acceptors (Lipinski definition) is 6. The average Bonchev–Trinajstić information content (AvgIpc) is 2.74. The zero-order valence-corrected chi connectivity index (χ0v) is 20.6. The topological polar surface area (TPSA) is 71.1 Å². The van der Waals surface area contributed by atoms with E-state index in [0.717, 1.165) is 0 Å². The summed E-state index contributed by atoms with van der Waals surface area (Å²) in [6.07, 6.45) is -1.14. The summed E-state index contributed by atoms with van der Waals surface area (Å²) < 4.78 is 51.0. The molecule has 0 heterocycles. The Morgan fingerprint density at radius 3 is 1.74 bits per heavy atom. The number of carbonyl (C=O) groups excluding carboxylic acids is 2. The van der Waals surface area contributed by atoms with Crippen LogP contribution in [0.4, 0.5) is 8.78 Å². The second-order valence-corrected chi connectivity index (χ2v) is 9.09. The number of carbonyl (C=O) groups is 2. The minimum absolute atomic E-state index is 0.130. The van der Waals surface area contributed by atoms with E-state index in [1.807, 2.05) is 0 Å². The predicted octanol–water partition coefficient (Wildman–Crippen LogP) is 5.41. The third-order valence-electron chi connectivity index (χ3n) is 5.15. The molecule has 0 N–H and O–H groups in total. The lowest BCUT2D eigenvalue weighted by Gasteiger charge is -2.27. The van der Waals surface area contributed by atoms with Crippen LogP contribution >= 0.6 is 0 Å². The van der Waals surface area contributed by atoms with Gasteiger partial charge in [0.1, 0.15) is 34.8 Å². The minimum atomic E-state index is -0.963. The number of rotatable bonds is 9. The molecule has 0 bridgehead atoms. The molecule has 0 aliphatic rings. The van der Waals surface area contributed by atoms with Gasteiger partial charge < -0.3 is 18.9 Å². The first-order valence-corrected chi connectivity index (χ1v) is 11.0. The van der Waals surface area contributed by atoms with Crippen molar-refractivity contribution in [3.63, 3.8) is 0 Å². The SMILES string of the molecule is COc1ccc(C(c2ccc(OC)cc2F)[C@H](C)OC(=O)[C@H](C)CC(=O)OC(C)(C)C)c(F)c1. The summed E-state index contributed by atoms with van der Waals surface area (Å²) in [5, 5.41) is 0. The lowest BCUT2D eigenvalue weighted by molar-refractivity contribution is -0.163. The quantitative estimate of drug-likeness (QED) is 0.449. The Kier molecular flexibility index (Phi) is 9.01. The molecule has 6 nitrogen and oxygen atoms in total. The molecule has 0 saturated heterocycles. The molecule has 0 radical (unpaired) electrons. The molecule has 8 heteroatoms. The van der Waals surface area contributed by atoms with Gasteiger partial charge in [-0.05, 0) is 51.0 Å². The summed E-state index contributed by atoms with van der Waals surface area (Å²) in [6.45, 7) is 8.28. The van der Waals surface area contributed by atoms with Crippen molar-refractivity contribution in [1.82, 2.24) is 0 Å². The van der Waals surface area contributed by atoms with Crippen LogP contribution in [-0.2, 0) is 19.1 Å². The molecule has 2 rings (SSSR count). The number of benzene rings is 2. The number of esters is 2. The Bertz CT molecular complexity index is 961. The molecule has 0 unspecified atom stereocenters. The van der Waals surface area contributed by atoms with Crippen molar-refractivity contribution in [3.8, 4) is 11.5 Å². The van der Waals surface area contributed by atoms with Gasteiger partial charge in [-0.2, -0.15) is 0 Å². The van der Waals surface area contributed by atoms with Crippen molar-refractivity contribution in [2.45, 2.75) is 58.7 Å². The van der Waals surface area contributed by atoms with E-state index < -0.39 is 47.1 Å². The van der Waals surface area contributed by atoms with E-state index in [1.165, 1.54) is 45.4 Å². The van der Waals surface area contributed by atoms with Crippen molar-refractivity contribution in [2.24, 2.45) is 5.92 Å². The van der Waals surface area contributed by atoms with E-state index in [0.29, 0.717) is 11.5 Å². The van der Waals surface area contributed by atoms with Crippen LogP contribution in [-0.4, -0.2) is 37.9 Å². The van der Waals surface area contributed by atoms with E-state index in [9.17, 15) is 9.59 Å². The van der Waals surface area contributed by atoms with Crippen LogP contribution in [0.3, 0.4) is 0 Å². The van der Waals surface area contributed by atoms with Crippen molar-refractivity contribution < 1.29 is 37.3 Å². The van der Waals surface area contributed by atoms with Crippen molar-refractivity contribution in [2.75, 3.05) is 14.2 Å². The van der Waals surface area contributed by atoms with Gasteiger partial charge in [-0.25, -0.2) is 8.78 Å². The molecule has 0 aliphatic heterocycles. The molecule has 0 aliphatic carbocycles. The molecule has 0 fully saturated rings. The summed E-state index contributed by atoms with van der Waals surface area (Å²) in [7, 11) is 2.82. The summed E-state index contributed by atoms with van der Waals surface area (Å²) in [4.78, 5) is 24.8. The molecular formula is C26H32F2O6. The van der Waals surface area contributed by atoms with Gasteiger partial charge in [0.2, 0.25) is 0 Å². The number of halogens is 2. The van der Waals surface area contributed by atoms with Crippen LogP contribution in [0, 0.1) is 17.6 Å². The van der Waals surface area contributed by atoms with Gasteiger partial charge in [-0.15, -0.1) is 0 Å². The highest BCUT2D eigenvalue weighted by Crippen LogP contribution is 2.36. The van der Waals surface area contributed by atoms with Gasteiger partial charge in [0, 0.05) is 12.1 Å². The van der Waals surface area contributed by atoms with E-state index in [4.69, 9.17) is 18.9 Å². The highest BCUT2D eigenvalue weighted by molar-refractivity contribution is 5.80. The normalized spacial score (nSPS) is 13.2. The van der Waals surface area contributed by atoms with Gasteiger partial charge in [-0.1, -0.05) is 19.1 Å². The van der Waals surface area contributed by atoms with Crippen LogP contribution in [0.25, 0.3) is 0 Å². The molecule has 0 amide bonds. The van der Waals surface area contributed by atoms with Gasteiger partial charge in [0.15, 0.2) is 0 Å². The van der Waals surface area contributed by atoms with E-state index in [1.54, 1.807) is 39.8 Å². The average molecular weight is 479 g/mol. The second-order valence-electron chi connectivity index (χ2n) is 9.09. The molecular weight excluding hydrogens is 446 g/mol. The summed E-state index contributed by atoms with van der Waals surface area (Å²) in [5.41, 5.74) is -0.424. The fraction of sp³-hybridized carbons (Fsp3) is 0.462. The van der Waals surface area contributed by atoms with Crippen LogP contribution in [0.15, 0.2) is 36.4 Å². The van der Waals surface area contributed by atoms with Crippen LogP contribution in [0.1, 0.15) is 58.1 Å². The van der Waals surface area contributed by atoms with E-state index in [2.05, 4.69) is 0 Å². The zero-order chi connectivity index (χ0) is 25.6. The Labute approximate surface area is 199 Å². The Morgan fingerprint density at radius 2 is 1.35 bits per heavy atom. The second kappa shape index (κ2) is 11.3. The van der Waals surface area contributed by atoms with Crippen LogP contribution < -0.4 is 9.47 Å². The van der Waals surface area contributed by atoms with Gasteiger partial charge in [0.25, 0.3) is 0 Å². The van der Waals surface area contributed by atoms with Gasteiger partial charge >= 0.3 is 11.9 Å². The van der Waals surface area contributed by atoms with Gasteiger partial charge in [0.05, 0.1) is 32.5 Å². The van der Waals surface area contributed by atoms with E-state index >= 15 is 8.78 Å². The maximum Gasteiger partial charge on any atom is 0.309 e. The summed E-state index contributed by atoms with van der Waals surface area (Å²) >= 11 is 0. The third kappa shape index (κ3) is 7.17. The van der Waals surface area contributed by atoms with E-state index in [-0.39, 0.29) is 17.5 Å². The number of ether oxygens (including phenoxy) is 4. The minimum Gasteiger partial charge on any atom is -0.497 e.